The van der Waals surface area contributed by atoms with Crippen LogP contribution in [-0.4, -0.2) is 41.2 Å². The van der Waals surface area contributed by atoms with Gasteiger partial charge in [-0.15, -0.1) is 11.3 Å². The fourth-order valence-electron chi connectivity index (χ4n) is 3.24. The third-order valence-corrected chi connectivity index (χ3v) is 5.42. The number of carbonyl (C=O) groups excluding carboxylic acids is 1. The van der Waals surface area contributed by atoms with Crippen LogP contribution >= 0.6 is 11.3 Å². The van der Waals surface area contributed by atoms with Crippen molar-refractivity contribution in [3.8, 4) is 0 Å². The first-order chi connectivity index (χ1) is 11.0. The minimum Gasteiger partial charge on any atom is -0.345 e. The fourth-order valence-corrected chi connectivity index (χ4v) is 3.98. The highest BCUT2D eigenvalue weighted by molar-refractivity contribution is 7.10. The van der Waals surface area contributed by atoms with Crippen molar-refractivity contribution >= 4 is 17.2 Å². The molecule has 0 aliphatic carbocycles. The average Bonchev–Trinajstić information content (AvgIpc) is 3.15. The van der Waals surface area contributed by atoms with Crippen molar-refractivity contribution in [1.82, 2.24) is 20.0 Å². The van der Waals surface area contributed by atoms with Gasteiger partial charge in [0.15, 0.2) is 0 Å². The van der Waals surface area contributed by atoms with Gasteiger partial charge in [-0.05, 0) is 51.2 Å². The SMILES string of the molecule is CC(NC(=O)c1cnn2c1CC(CN(C)C)CC2)c1cccs1. The Morgan fingerprint density at radius 3 is 3.09 bits per heavy atom. The first-order valence-electron chi connectivity index (χ1n) is 8.08. The number of thiophene rings is 1. The van der Waals surface area contributed by atoms with Crippen LogP contribution in [0.4, 0.5) is 0 Å². The summed E-state index contributed by atoms with van der Waals surface area (Å²) in [6, 6.07) is 4.09. The van der Waals surface area contributed by atoms with E-state index in [-0.39, 0.29) is 11.9 Å². The van der Waals surface area contributed by atoms with Crippen molar-refractivity contribution in [3.05, 3.63) is 39.8 Å². The fraction of sp³-hybridized carbons (Fsp3) is 0.529. The molecule has 124 valence electrons. The van der Waals surface area contributed by atoms with Gasteiger partial charge in [0.05, 0.1) is 23.5 Å². The number of nitrogens with zero attached hydrogens (tertiary/aromatic N) is 3. The molecule has 0 saturated heterocycles. The Kier molecular flexibility index (Phi) is 4.82. The molecule has 3 rings (SSSR count). The van der Waals surface area contributed by atoms with E-state index in [4.69, 9.17) is 0 Å². The Morgan fingerprint density at radius 2 is 2.39 bits per heavy atom. The molecule has 0 aromatic carbocycles. The number of aryl methyl sites for hydroxylation is 1. The summed E-state index contributed by atoms with van der Waals surface area (Å²) in [6.45, 7) is 3.98. The summed E-state index contributed by atoms with van der Waals surface area (Å²) in [4.78, 5) is 16.0. The van der Waals surface area contributed by atoms with Gasteiger partial charge in [0, 0.05) is 18.0 Å². The Labute approximate surface area is 141 Å². The Morgan fingerprint density at radius 1 is 1.57 bits per heavy atom. The molecule has 1 aliphatic heterocycles. The van der Waals surface area contributed by atoms with Crippen LogP contribution in [0.15, 0.2) is 23.7 Å². The molecule has 1 N–H and O–H groups in total. The smallest absolute Gasteiger partial charge is 0.255 e. The maximum absolute atomic E-state index is 12.6. The van der Waals surface area contributed by atoms with Gasteiger partial charge < -0.3 is 10.2 Å². The molecule has 2 aromatic rings. The zero-order chi connectivity index (χ0) is 16.4. The van der Waals surface area contributed by atoms with Crippen LogP contribution in [-0.2, 0) is 13.0 Å². The number of amides is 1. The summed E-state index contributed by atoms with van der Waals surface area (Å²) in [5.41, 5.74) is 1.82. The van der Waals surface area contributed by atoms with E-state index in [9.17, 15) is 4.79 Å². The second-order valence-corrected chi connectivity index (χ2v) is 7.54. The highest BCUT2D eigenvalue weighted by Gasteiger charge is 2.26. The predicted octanol–water partition coefficient (Wildman–Crippen LogP) is 2.56. The number of hydrogen-bond donors (Lipinski definition) is 1. The molecule has 0 saturated carbocycles. The van der Waals surface area contributed by atoms with Crippen LogP contribution in [0.2, 0.25) is 0 Å². The summed E-state index contributed by atoms with van der Waals surface area (Å²) in [5.74, 6) is 0.577. The molecule has 0 spiro atoms. The molecule has 2 unspecified atom stereocenters. The minimum atomic E-state index is -0.0161. The van der Waals surface area contributed by atoms with Gasteiger partial charge in [0.2, 0.25) is 0 Å². The van der Waals surface area contributed by atoms with Gasteiger partial charge in [-0.2, -0.15) is 5.10 Å². The number of hydrogen-bond acceptors (Lipinski definition) is 4. The quantitative estimate of drug-likeness (QED) is 0.915. The van der Waals surface area contributed by atoms with E-state index in [0.717, 1.165) is 37.2 Å². The highest BCUT2D eigenvalue weighted by atomic mass is 32.1. The monoisotopic (exact) mass is 332 g/mol. The van der Waals surface area contributed by atoms with E-state index in [1.54, 1.807) is 17.5 Å². The highest BCUT2D eigenvalue weighted by Crippen LogP contribution is 2.24. The van der Waals surface area contributed by atoms with Crippen LogP contribution in [0.1, 0.15) is 40.3 Å². The van der Waals surface area contributed by atoms with E-state index in [0.29, 0.717) is 5.92 Å². The summed E-state index contributed by atoms with van der Waals surface area (Å²) >= 11 is 1.67. The molecular weight excluding hydrogens is 308 g/mol. The summed E-state index contributed by atoms with van der Waals surface area (Å²) < 4.78 is 2.00. The van der Waals surface area contributed by atoms with E-state index in [1.165, 1.54) is 4.88 Å². The van der Waals surface area contributed by atoms with Gasteiger partial charge >= 0.3 is 0 Å². The first-order valence-corrected chi connectivity index (χ1v) is 8.96. The molecule has 6 heteroatoms. The molecule has 5 nitrogen and oxygen atoms in total. The van der Waals surface area contributed by atoms with Crippen molar-refractivity contribution in [2.24, 2.45) is 5.92 Å². The topological polar surface area (TPSA) is 50.2 Å². The average molecular weight is 332 g/mol. The van der Waals surface area contributed by atoms with Crippen molar-refractivity contribution in [2.45, 2.75) is 32.4 Å². The first kappa shape index (κ1) is 16.2. The lowest BCUT2D eigenvalue weighted by molar-refractivity contribution is 0.0938. The summed E-state index contributed by atoms with van der Waals surface area (Å²) in [7, 11) is 4.20. The number of carbonyl (C=O) groups is 1. The normalized spacial score (nSPS) is 18.7. The van der Waals surface area contributed by atoms with Gasteiger partial charge in [0.1, 0.15) is 0 Å². The molecule has 0 radical (unpaired) electrons. The van der Waals surface area contributed by atoms with Crippen molar-refractivity contribution in [2.75, 3.05) is 20.6 Å². The Balaban J connectivity index is 1.72. The van der Waals surface area contributed by atoms with Crippen LogP contribution in [0.5, 0.6) is 0 Å². The molecule has 2 atom stereocenters. The molecule has 1 aliphatic rings. The molecule has 1 amide bonds. The van der Waals surface area contributed by atoms with Gasteiger partial charge in [-0.3, -0.25) is 9.48 Å². The Bertz CT molecular complexity index is 662. The maximum atomic E-state index is 12.6. The number of fused-ring (bicyclic) bond motifs is 1. The second kappa shape index (κ2) is 6.84. The molecule has 2 aromatic heterocycles. The molecular formula is C17H24N4OS. The van der Waals surface area contributed by atoms with Crippen LogP contribution in [0.3, 0.4) is 0 Å². The van der Waals surface area contributed by atoms with Crippen LogP contribution in [0.25, 0.3) is 0 Å². The van der Waals surface area contributed by atoms with Gasteiger partial charge in [0.25, 0.3) is 5.91 Å². The van der Waals surface area contributed by atoms with E-state index >= 15 is 0 Å². The van der Waals surface area contributed by atoms with Crippen LogP contribution in [0, 0.1) is 5.92 Å². The maximum Gasteiger partial charge on any atom is 0.255 e. The lowest BCUT2D eigenvalue weighted by Gasteiger charge is -2.26. The minimum absolute atomic E-state index is 0.0161. The zero-order valence-corrected chi connectivity index (χ0v) is 14.8. The van der Waals surface area contributed by atoms with Gasteiger partial charge in [-0.25, -0.2) is 0 Å². The lowest BCUT2D eigenvalue weighted by atomic mass is 9.94. The van der Waals surface area contributed by atoms with Crippen LogP contribution < -0.4 is 5.32 Å². The zero-order valence-electron chi connectivity index (χ0n) is 14.0. The second-order valence-electron chi connectivity index (χ2n) is 6.56. The van der Waals surface area contributed by atoms with Crippen molar-refractivity contribution in [1.29, 1.82) is 0 Å². The summed E-state index contributed by atoms with van der Waals surface area (Å²) in [5, 5.41) is 9.54. The molecule has 0 fully saturated rings. The number of rotatable bonds is 5. The van der Waals surface area contributed by atoms with Crippen molar-refractivity contribution < 1.29 is 4.79 Å². The van der Waals surface area contributed by atoms with E-state index < -0.39 is 0 Å². The van der Waals surface area contributed by atoms with Crippen molar-refractivity contribution in [3.63, 3.8) is 0 Å². The molecule has 0 bridgehead atoms. The lowest BCUT2D eigenvalue weighted by Crippen LogP contribution is -2.31. The predicted molar refractivity (Wildman–Crippen MR) is 92.8 cm³/mol. The number of nitrogens with one attached hydrogen (secondary N) is 1. The third kappa shape index (κ3) is 3.64. The Hall–Kier alpha value is -1.66. The number of aromatic nitrogens is 2. The standard InChI is InChI=1S/C17H24N4OS/c1-12(16-5-4-8-23-16)19-17(22)14-10-18-21-7-6-13(9-15(14)21)11-20(2)3/h4-5,8,10,12-13H,6-7,9,11H2,1-3H3,(H,19,22). The van der Waals surface area contributed by atoms with Gasteiger partial charge in [-0.1, -0.05) is 6.07 Å². The molecule has 23 heavy (non-hydrogen) atoms. The summed E-state index contributed by atoms with van der Waals surface area (Å²) in [6.07, 6.45) is 3.78. The molecule has 3 heterocycles. The van der Waals surface area contributed by atoms with E-state index in [1.807, 2.05) is 23.1 Å². The largest absolute Gasteiger partial charge is 0.345 e. The van der Waals surface area contributed by atoms with E-state index in [2.05, 4.69) is 35.5 Å². The third-order valence-electron chi connectivity index (χ3n) is 4.37.